The van der Waals surface area contributed by atoms with Crippen LogP contribution in [0.5, 0.6) is 0 Å². The molecule has 1 aliphatic carbocycles. The first kappa shape index (κ1) is 11.4. The highest BCUT2D eigenvalue weighted by Gasteiger charge is 2.30. The van der Waals surface area contributed by atoms with E-state index in [0.29, 0.717) is 12.0 Å². The highest BCUT2D eigenvalue weighted by Crippen LogP contribution is 2.32. The van der Waals surface area contributed by atoms with Crippen LogP contribution in [0.4, 0.5) is 10.1 Å². The lowest BCUT2D eigenvalue weighted by Gasteiger charge is -2.32. The molecule has 0 bridgehead atoms. The van der Waals surface area contributed by atoms with Gasteiger partial charge in [-0.25, -0.2) is 4.39 Å². The van der Waals surface area contributed by atoms with E-state index >= 15 is 0 Å². The molecule has 0 unspecified atom stereocenters. The van der Waals surface area contributed by atoms with E-state index in [2.05, 4.69) is 0 Å². The minimum Gasteiger partial charge on any atom is -0.396 e. The predicted molar refractivity (Wildman–Crippen MR) is 62.6 cm³/mol. The Kier molecular flexibility index (Phi) is 3.15. The number of halogens is 1. The molecule has 0 saturated heterocycles. The smallest absolute Gasteiger partial charge is 0.149 e. The molecule has 2 nitrogen and oxygen atoms in total. The zero-order chi connectivity index (χ0) is 11.6. The van der Waals surface area contributed by atoms with Crippen LogP contribution >= 0.6 is 0 Å². The second kappa shape index (κ2) is 4.42. The van der Waals surface area contributed by atoms with Crippen molar-refractivity contribution in [3.63, 3.8) is 0 Å². The Balaban J connectivity index is 2.16. The summed E-state index contributed by atoms with van der Waals surface area (Å²) in [5.74, 6) is -0.374. The largest absolute Gasteiger partial charge is 0.396 e. The molecule has 0 spiro atoms. The summed E-state index contributed by atoms with van der Waals surface area (Å²) in [6, 6.07) is 4.99. The van der Waals surface area contributed by atoms with Crippen LogP contribution in [0.25, 0.3) is 0 Å². The van der Waals surface area contributed by atoms with Gasteiger partial charge in [0.15, 0.2) is 0 Å². The molecular weight excluding hydrogens is 205 g/mol. The fourth-order valence-corrected chi connectivity index (χ4v) is 2.48. The van der Waals surface area contributed by atoms with Crippen molar-refractivity contribution in [2.24, 2.45) is 0 Å². The number of hydrogen-bond donors (Lipinski definition) is 2. The third-order valence-electron chi connectivity index (χ3n) is 3.41. The Morgan fingerprint density at radius 3 is 2.62 bits per heavy atom. The Morgan fingerprint density at radius 1 is 1.25 bits per heavy atom. The fourth-order valence-electron chi connectivity index (χ4n) is 2.48. The lowest BCUT2D eigenvalue weighted by atomic mass is 9.80. The van der Waals surface area contributed by atoms with E-state index < -0.39 is 5.60 Å². The Labute approximate surface area is 95.3 Å². The Hall–Kier alpha value is -1.09. The maximum absolute atomic E-state index is 13.7. The summed E-state index contributed by atoms with van der Waals surface area (Å²) in [6.45, 7) is 0. The van der Waals surface area contributed by atoms with Gasteiger partial charge in [-0.15, -0.1) is 0 Å². The quantitative estimate of drug-likeness (QED) is 0.757. The minimum atomic E-state index is -0.729. The number of nitrogen functional groups attached to an aromatic ring is 1. The van der Waals surface area contributed by atoms with Gasteiger partial charge >= 0.3 is 0 Å². The van der Waals surface area contributed by atoms with Crippen molar-refractivity contribution >= 4 is 5.69 Å². The second-order valence-electron chi connectivity index (χ2n) is 4.78. The van der Waals surface area contributed by atoms with Crippen molar-refractivity contribution in [1.82, 2.24) is 0 Å². The van der Waals surface area contributed by atoms with Crippen LogP contribution in [0.1, 0.15) is 37.7 Å². The summed E-state index contributed by atoms with van der Waals surface area (Å²) in [6.07, 6.45) is 5.13. The van der Waals surface area contributed by atoms with Crippen LogP contribution in [0.15, 0.2) is 18.2 Å². The summed E-state index contributed by atoms with van der Waals surface area (Å²) in [5, 5.41) is 10.3. The molecule has 16 heavy (non-hydrogen) atoms. The van der Waals surface area contributed by atoms with Crippen LogP contribution in [-0.2, 0) is 6.42 Å². The van der Waals surface area contributed by atoms with Crippen molar-refractivity contribution in [2.45, 2.75) is 44.1 Å². The average molecular weight is 223 g/mol. The molecule has 1 aliphatic rings. The molecule has 0 aromatic heterocycles. The van der Waals surface area contributed by atoms with Crippen molar-refractivity contribution in [2.75, 3.05) is 5.73 Å². The zero-order valence-electron chi connectivity index (χ0n) is 9.38. The lowest BCUT2D eigenvalue weighted by Crippen LogP contribution is -2.34. The normalized spacial score (nSPS) is 19.6. The topological polar surface area (TPSA) is 46.2 Å². The van der Waals surface area contributed by atoms with Gasteiger partial charge in [-0.05, 0) is 24.5 Å². The van der Waals surface area contributed by atoms with Crippen LogP contribution < -0.4 is 5.73 Å². The molecule has 3 N–H and O–H groups in total. The Morgan fingerprint density at radius 2 is 1.94 bits per heavy atom. The molecule has 2 rings (SSSR count). The van der Waals surface area contributed by atoms with Crippen molar-refractivity contribution in [1.29, 1.82) is 0 Å². The van der Waals surface area contributed by atoms with Crippen LogP contribution in [0.2, 0.25) is 0 Å². The highest BCUT2D eigenvalue weighted by molar-refractivity contribution is 5.43. The molecule has 0 radical (unpaired) electrons. The van der Waals surface area contributed by atoms with Gasteiger partial charge in [-0.1, -0.05) is 31.4 Å². The summed E-state index contributed by atoms with van der Waals surface area (Å²) in [4.78, 5) is 0. The second-order valence-corrected chi connectivity index (χ2v) is 4.78. The molecule has 88 valence electrons. The monoisotopic (exact) mass is 223 g/mol. The van der Waals surface area contributed by atoms with Crippen LogP contribution in [0.3, 0.4) is 0 Å². The Bertz CT molecular complexity index is 372. The van der Waals surface area contributed by atoms with Crippen molar-refractivity contribution < 1.29 is 9.50 Å². The first-order chi connectivity index (χ1) is 7.61. The first-order valence-electron chi connectivity index (χ1n) is 5.86. The number of anilines is 1. The SMILES string of the molecule is Nc1cccc(CC2(O)CCCCC2)c1F. The van der Waals surface area contributed by atoms with E-state index in [1.54, 1.807) is 18.2 Å². The summed E-state index contributed by atoms with van der Waals surface area (Å²) >= 11 is 0. The molecular formula is C13H18FNO. The van der Waals surface area contributed by atoms with Gasteiger partial charge in [0.05, 0.1) is 11.3 Å². The minimum absolute atomic E-state index is 0.164. The molecule has 0 amide bonds. The lowest BCUT2D eigenvalue weighted by molar-refractivity contribution is 0.00383. The summed E-state index contributed by atoms with van der Waals surface area (Å²) in [7, 11) is 0. The summed E-state index contributed by atoms with van der Waals surface area (Å²) in [5.41, 5.74) is 5.48. The molecule has 0 heterocycles. The maximum Gasteiger partial charge on any atom is 0.149 e. The molecule has 1 aromatic carbocycles. The number of rotatable bonds is 2. The van der Waals surface area contributed by atoms with E-state index in [9.17, 15) is 9.50 Å². The molecule has 0 atom stereocenters. The van der Waals surface area contributed by atoms with Gasteiger partial charge in [-0.2, -0.15) is 0 Å². The zero-order valence-corrected chi connectivity index (χ0v) is 9.38. The van der Waals surface area contributed by atoms with Crippen molar-refractivity contribution in [3.05, 3.63) is 29.6 Å². The third-order valence-corrected chi connectivity index (χ3v) is 3.41. The fraction of sp³-hybridized carbons (Fsp3) is 0.538. The standard InChI is InChI=1S/C13H18FNO/c14-12-10(5-4-6-11(12)15)9-13(16)7-2-1-3-8-13/h4-6,16H,1-3,7-9,15H2. The maximum atomic E-state index is 13.7. The van der Waals surface area contributed by atoms with Crippen LogP contribution in [0, 0.1) is 5.82 Å². The molecule has 1 fully saturated rings. The molecule has 1 saturated carbocycles. The highest BCUT2D eigenvalue weighted by atomic mass is 19.1. The molecule has 0 aliphatic heterocycles. The van der Waals surface area contributed by atoms with Crippen LogP contribution in [-0.4, -0.2) is 10.7 Å². The van der Waals surface area contributed by atoms with E-state index in [0.717, 1.165) is 25.7 Å². The molecule has 3 heteroatoms. The number of aliphatic hydroxyl groups is 1. The average Bonchev–Trinajstić information content (AvgIpc) is 2.26. The molecule has 1 aromatic rings. The summed E-state index contributed by atoms with van der Waals surface area (Å²) < 4.78 is 13.7. The first-order valence-corrected chi connectivity index (χ1v) is 5.86. The third kappa shape index (κ3) is 2.35. The van der Waals surface area contributed by atoms with Gasteiger partial charge in [0.25, 0.3) is 0 Å². The van der Waals surface area contributed by atoms with E-state index in [1.165, 1.54) is 6.42 Å². The number of nitrogens with two attached hydrogens (primary N) is 1. The van der Waals surface area contributed by atoms with Gasteiger partial charge < -0.3 is 10.8 Å². The number of benzene rings is 1. The van der Waals surface area contributed by atoms with Gasteiger partial charge in [0.2, 0.25) is 0 Å². The van der Waals surface area contributed by atoms with Gasteiger partial charge in [0.1, 0.15) is 5.82 Å². The van der Waals surface area contributed by atoms with Gasteiger partial charge in [-0.3, -0.25) is 0 Å². The van der Waals surface area contributed by atoms with E-state index in [-0.39, 0.29) is 11.5 Å². The predicted octanol–water partition coefficient (Wildman–Crippen LogP) is 2.65. The van der Waals surface area contributed by atoms with Gasteiger partial charge in [0, 0.05) is 6.42 Å². The van der Waals surface area contributed by atoms with E-state index in [4.69, 9.17) is 5.73 Å². The van der Waals surface area contributed by atoms with Crippen molar-refractivity contribution in [3.8, 4) is 0 Å². The number of hydrogen-bond acceptors (Lipinski definition) is 2. The van der Waals surface area contributed by atoms with E-state index in [1.807, 2.05) is 0 Å².